The van der Waals surface area contributed by atoms with Crippen LogP contribution in [0.25, 0.3) is 0 Å². The molecule has 0 aliphatic rings. The van der Waals surface area contributed by atoms with Crippen LogP contribution in [0, 0.1) is 0 Å². The van der Waals surface area contributed by atoms with Crippen molar-refractivity contribution in [1.82, 2.24) is 0 Å². The van der Waals surface area contributed by atoms with Crippen molar-refractivity contribution in [3.05, 3.63) is 23.8 Å². The Morgan fingerprint density at radius 3 is 2.47 bits per heavy atom. The highest BCUT2D eigenvalue weighted by Gasteiger charge is 2.27. The first-order chi connectivity index (χ1) is 7.96. The number of benzene rings is 1. The lowest BCUT2D eigenvalue weighted by atomic mass is 10.2. The van der Waals surface area contributed by atoms with Crippen molar-refractivity contribution >= 4 is 0 Å². The molecule has 3 nitrogen and oxygen atoms in total. The van der Waals surface area contributed by atoms with Gasteiger partial charge in [0.15, 0.2) is 11.5 Å². The zero-order valence-electron chi connectivity index (χ0n) is 9.25. The first kappa shape index (κ1) is 13.6. The van der Waals surface area contributed by atoms with Crippen LogP contribution in [0.1, 0.15) is 12.0 Å². The van der Waals surface area contributed by atoms with Gasteiger partial charge in [-0.2, -0.15) is 13.2 Å². The topological polar surface area (TPSA) is 38.7 Å². The first-order valence-electron chi connectivity index (χ1n) is 4.93. The summed E-state index contributed by atoms with van der Waals surface area (Å²) < 4.78 is 45.7. The maximum absolute atomic E-state index is 11.9. The second kappa shape index (κ2) is 5.77. The van der Waals surface area contributed by atoms with Gasteiger partial charge in [-0.25, -0.2) is 0 Å². The highest BCUT2D eigenvalue weighted by molar-refractivity contribution is 5.42. The van der Waals surface area contributed by atoms with Gasteiger partial charge < -0.3 is 14.6 Å². The second-order valence-corrected chi connectivity index (χ2v) is 3.36. The number of methoxy groups -OCH3 is 1. The Labute approximate surface area is 96.8 Å². The highest BCUT2D eigenvalue weighted by Crippen LogP contribution is 2.29. The standard InChI is InChI=1S/C11H13F3O3/c1-16-9-3-2-8(7-15)6-10(9)17-5-4-11(12,13)14/h2-3,6,15H,4-5,7H2,1H3. The SMILES string of the molecule is COc1ccc(CO)cc1OCCC(F)(F)F. The Hall–Kier alpha value is -1.43. The maximum atomic E-state index is 11.9. The summed E-state index contributed by atoms with van der Waals surface area (Å²) in [5, 5.41) is 8.90. The van der Waals surface area contributed by atoms with E-state index >= 15 is 0 Å². The molecular weight excluding hydrogens is 237 g/mol. The lowest BCUT2D eigenvalue weighted by Crippen LogP contribution is -2.13. The monoisotopic (exact) mass is 250 g/mol. The molecule has 1 N–H and O–H groups in total. The minimum absolute atomic E-state index is 0.198. The van der Waals surface area contributed by atoms with E-state index in [-0.39, 0.29) is 12.4 Å². The van der Waals surface area contributed by atoms with Gasteiger partial charge in [-0.1, -0.05) is 6.07 Å². The van der Waals surface area contributed by atoms with Gasteiger partial charge in [-0.15, -0.1) is 0 Å². The molecule has 0 aliphatic carbocycles. The molecule has 0 aromatic heterocycles. The Kier molecular flexibility index (Phi) is 4.62. The molecule has 0 amide bonds. The minimum Gasteiger partial charge on any atom is -0.493 e. The average Bonchev–Trinajstić information content (AvgIpc) is 2.27. The van der Waals surface area contributed by atoms with Crippen molar-refractivity contribution in [2.75, 3.05) is 13.7 Å². The van der Waals surface area contributed by atoms with Crippen LogP contribution >= 0.6 is 0 Å². The van der Waals surface area contributed by atoms with E-state index in [0.29, 0.717) is 11.3 Å². The van der Waals surface area contributed by atoms with Crippen LogP contribution in [0.4, 0.5) is 13.2 Å². The zero-order chi connectivity index (χ0) is 12.9. The molecule has 1 aromatic carbocycles. The Bertz CT molecular complexity index is 363. The van der Waals surface area contributed by atoms with Crippen molar-refractivity contribution in [3.63, 3.8) is 0 Å². The molecule has 0 spiro atoms. The fourth-order valence-electron chi connectivity index (χ4n) is 1.21. The third-order valence-corrected chi connectivity index (χ3v) is 2.05. The van der Waals surface area contributed by atoms with E-state index in [1.807, 2.05) is 0 Å². The third-order valence-electron chi connectivity index (χ3n) is 2.05. The number of rotatable bonds is 5. The smallest absolute Gasteiger partial charge is 0.392 e. The highest BCUT2D eigenvalue weighted by atomic mass is 19.4. The van der Waals surface area contributed by atoms with Gasteiger partial charge in [-0.05, 0) is 17.7 Å². The molecule has 0 fully saturated rings. The summed E-state index contributed by atoms with van der Waals surface area (Å²) in [6.45, 7) is -0.686. The van der Waals surface area contributed by atoms with Crippen LogP contribution < -0.4 is 9.47 Å². The molecule has 17 heavy (non-hydrogen) atoms. The number of aliphatic hydroxyl groups is 1. The van der Waals surface area contributed by atoms with Crippen LogP contribution in [0.15, 0.2) is 18.2 Å². The van der Waals surface area contributed by atoms with Gasteiger partial charge in [0.1, 0.15) is 0 Å². The number of aliphatic hydroxyl groups excluding tert-OH is 1. The maximum Gasteiger partial charge on any atom is 0.392 e. The van der Waals surface area contributed by atoms with Gasteiger partial charge in [0.05, 0.1) is 26.7 Å². The quantitative estimate of drug-likeness (QED) is 0.872. The molecule has 1 aromatic rings. The number of halogens is 3. The van der Waals surface area contributed by atoms with E-state index in [9.17, 15) is 13.2 Å². The predicted molar refractivity (Wildman–Crippen MR) is 55.1 cm³/mol. The molecule has 96 valence electrons. The largest absolute Gasteiger partial charge is 0.493 e. The second-order valence-electron chi connectivity index (χ2n) is 3.36. The third kappa shape index (κ3) is 4.52. The van der Waals surface area contributed by atoms with Crippen molar-refractivity contribution in [2.45, 2.75) is 19.2 Å². The van der Waals surface area contributed by atoms with Gasteiger partial charge >= 0.3 is 6.18 Å². The first-order valence-corrected chi connectivity index (χ1v) is 4.93. The molecule has 0 aliphatic heterocycles. The molecule has 0 atom stereocenters. The molecular formula is C11H13F3O3. The molecule has 0 bridgehead atoms. The summed E-state index contributed by atoms with van der Waals surface area (Å²) in [5.41, 5.74) is 0.549. The summed E-state index contributed by atoms with van der Waals surface area (Å²) >= 11 is 0. The molecule has 0 heterocycles. The van der Waals surface area contributed by atoms with Crippen molar-refractivity contribution in [2.24, 2.45) is 0 Å². The summed E-state index contributed by atoms with van der Waals surface area (Å²) in [5.74, 6) is 0.535. The van der Waals surface area contributed by atoms with E-state index in [2.05, 4.69) is 0 Å². The van der Waals surface area contributed by atoms with Crippen LogP contribution in [0.5, 0.6) is 11.5 Å². The summed E-state index contributed by atoms with van der Waals surface area (Å²) in [6.07, 6.45) is -5.28. The number of alkyl halides is 3. The predicted octanol–water partition coefficient (Wildman–Crippen LogP) is 2.52. The van der Waals surface area contributed by atoms with E-state index in [1.165, 1.54) is 19.2 Å². The van der Waals surface area contributed by atoms with Gasteiger partial charge in [-0.3, -0.25) is 0 Å². The van der Waals surface area contributed by atoms with E-state index in [1.54, 1.807) is 6.07 Å². The van der Waals surface area contributed by atoms with Crippen LogP contribution in [0.2, 0.25) is 0 Å². The minimum atomic E-state index is -4.25. The molecule has 0 saturated carbocycles. The van der Waals surface area contributed by atoms with Gasteiger partial charge in [0.25, 0.3) is 0 Å². The molecule has 1 rings (SSSR count). The van der Waals surface area contributed by atoms with E-state index in [0.717, 1.165) is 0 Å². The molecule has 0 radical (unpaired) electrons. The number of hydrogen-bond donors (Lipinski definition) is 1. The van der Waals surface area contributed by atoms with Crippen LogP contribution in [-0.4, -0.2) is 25.0 Å². The van der Waals surface area contributed by atoms with Gasteiger partial charge in [0.2, 0.25) is 0 Å². The van der Waals surface area contributed by atoms with E-state index < -0.39 is 19.2 Å². The lowest BCUT2D eigenvalue weighted by Gasteiger charge is -2.12. The Balaban J connectivity index is 2.68. The summed E-state index contributed by atoms with van der Waals surface area (Å²) in [4.78, 5) is 0. The summed E-state index contributed by atoms with van der Waals surface area (Å²) in [7, 11) is 1.39. The van der Waals surface area contributed by atoms with Crippen molar-refractivity contribution < 1.29 is 27.8 Å². The normalized spacial score (nSPS) is 11.4. The number of ether oxygens (including phenoxy) is 2. The fourth-order valence-corrected chi connectivity index (χ4v) is 1.21. The molecule has 6 heteroatoms. The molecule has 0 unspecified atom stereocenters. The van der Waals surface area contributed by atoms with E-state index in [4.69, 9.17) is 14.6 Å². The van der Waals surface area contributed by atoms with Crippen LogP contribution in [0.3, 0.4) is 0 Å². The summed E-state index contributed by atoms with van der Waals surface area (Å²) in [6, 6.07) is 4.60. The molecule has 0 saturated heterocycles. The van der Waals surface area contributed by atoms with Gasteiger partial charge in [0, 0.05) is 0 Å². The van der Waals surface area contributed by atoms with Crippen molar-refractivity contribution in [3.8, 4) is 11.5 Å². The average molecular weight is 250 g/mol. The van der Waals surface area contributed by atoms with Crippen molar-refractivity contribution in [1.29, 1.82) is 0 Å². The lowest BCUT2D eigenvalue weighted by molar-refractivity contribution is -0.139. The zero-order valence-corrected chi connectivity index (χ0v) is 9.25. The Morgan fingerprint density at radius 2 is 1.94 bits per heavy atom. The Morgan fingerprint density at radius 1 is 1.24 bits per heavy atom. The van der Waals surface area contributed by atoms with Crippen LogP contribution in [-0.2, 0) is 6.61 Å². The number of hydrogen-bond acceptors (Lipinski definition) is 3. The fraction of sp³-hybridized carbons (Fsp3) is 0.455.